The van der Waals surface area contributed by atoms with E-state index in [9.17, 15) is 8.78 Å². The summed E-state index contributed by atoms with van der Waals surface area (Å²) in [5, 5.41) is 0. The maximum Gasteiger partial charge on any atom is 0.108 e. The number of hydrogen-bond donors (Lipinski definition) is 0. The topological polar surface area (TPSA) is 47.6 Å². The van der Waals surface area contributed by atoms with Gasteiger partial charge in [-0.3, -0.25) is 0 Å². The van der Waals surface area contributed by atoms with E-state index in [-0.39, 0.29) is 11.4 Å². The number of rotatable bonds is 0. The zero-order chi connectivity index (χ0) is 14.7. The van der Waals surface area contributed by atoms with Crippen molar-refractivity contribution in [2.24, 2.45) is 0 Å². The first-order valence-corrected chi connectivity index (χ1v) is 17.7. The molecule has 0 unspecified atom stereocenters. The van der Waals surface area contributed by atoms with Crippen LogP contribution in [-0.4, -0.2) is 0 Å². The molecule has 7 heteroatoms. The summed E-state index contributed by atoms with van der Waals surface area (Å²) in [4.78, 5) is 0. The Hall–Kier alpha value is 0.0483. The van der Waals surface area contributed by atoms with Gasteiger partial charge in [0.1, 0.15) is 11.6 Å². The van der Waals surface area contributed by atoms with Crippen molar-refractivity contribution >= 4 is 50.1 Å². The summed E-state index contributed by atoms with van der Waals surface area (Å²) in [5.41, 5.74) is 13.6. The molecule has 0 fully saturated rings. The van der Waals surface area contributed by atoms with Gasteiger partial charge in [0.2, 0.25) is 0 Å². The molecule has 0 amide bonds. The monoisotopic (exact) mass is 669 g/mol. The second-order valence-corrected chi connectivity index (χ2v) is 19.6. The first-order valence-electron chi connectivity index (χ1n) is 4.77. The number of halogens is 4. The van der Waals surface area contributed by atoms with Crippen LogP contribution in [0.1, 0.15) is 0 Å². The molecule has 2 aromatic rings. The Balaban J connectivity index is 0.000000284. The minimum Gasteiger partial charge on any atom is -0.696 e. The Morgan fingerprint density at radius 2 is 1.00 bits per heavy atom. The standard InChI is InChI=1S/2C6H5FN.2HI.Pt/c2*7-5-3-1-2-4-6(5)8;;;/h2*1-4,8H;2*1H;/q2*-1;;;+4/p-2. The molecule has 0 bridgehead atoms. The molecule has 0 aliphatic heterocycles. The zero-order valence-corrected chi connectivity index (χ0v) is 16.0. The van der Waals surface area contributed by atoms with Gasteiger partial charge in [-0.2, -0.15) is 0 Å². The Morgan fingerprint density at radius 3 is 1.16 bits per heavy atom. The summed E-state index contributed by atoms with van der Waals surface area (Å²) in [6, 6.07) is 11.7. The van der Waals surface area contributed by atoms with Gasteiger partial charge in [-0.05, 0) is 12.1 Å². The predicted molar refractivity (Wildman–Crippen MR) is 88.8 cm³/mol. The van der Waals surface area contributed by atoms with Gasteiger partial charge in [-0.1, -0.05) is 36.4 Å². The van der Waals surface area contributed by atoms with Crippen LogP contribution in [-0.2, 0) is 11.2 Å². The van der Waals surface area contributed by atoms with Crippen molar-refractivity contribution in [3.63, 3.8) is 0 Å². The smallest absolute Gasteiger partial charge is 0.108 e. The van der Waals surface area contributed by atoms with Crippen molar-refractivity contribution in [1.29, 1.82) is 0 Å². The molecule has 2 aromatic carbocycles. The van der Waals surface area contributed by atoms with Crippen molar-refractivity contribution in [2.45, 2.75) is 0 Å². The third kappa shape index (κ3) is 9.56. The largest absolute Gasteiger partial charge is 0.696 e. The van der Waals surface area contributed by atoms with Crippen LogP contribution in [0.3, 0.4) is 0 Å². The molecule has 0 saturated carbocycles. The fraction of sp³-hybridized carbons (Fsp3) is 0. The summed E-state index contributed by atoms with van der Waals surface area (Å²) in [5.74, 6) is -0.931. The van der Waals surface area contributed by atoms with E-state index in [1.54, 1.807) is 24.3 Å². The SMILES string of the molecule is [I][Pt+2][I].[NH-]c1ccccc1F.[NH-]c1ccccc1F. The summed E-state index contributed by atoms with van der Waals surface area (Å²) in [7, 11) is 0. The fourth-order valence-corrected chi connectivity index (χ4v) is 0.922. The molecule has 0 heterocycles. The van der Waals surface area contributed by atoms with Crippen molar-refractivity contribution in [2.75, 3.05) is 0 Å². The van der Waals surface area contributed by atoms with E-state index < -0.39 is 11.6 Å². The van der Waals surface area contributed by atoms with Crippen LogP contribution in [0.2, 0.25) is 0 Å². The average molecular weight is 669 g/mol. The quantitative estimate of drug-likeness (QED) is 0.278. The van der Waals surface area contributed by atoms with Gasteiger partial charge in [0.15, 0.2) is 0 Å². The number of benzene rings is 2. The number of nitrogens with one attached hydrogen (secondary N) is 2. The fourth-order valence-electron chi connectivity index (χ4n) is 0.922. The normalized spacial score (nSPS) is 8.84. The minimum atomic E-state index is -0.465. The third-order valence-electron chi connectivity index (χ3n) is 1.75. The molecule has 19 heavy (non-hydrogen) atoms. The Labute approximate surface area is 140 Å². The maximum absolute atomic E-state index is 12.1. The summed E-state index contributed by atoms with van der Waals surface area (Å²) in [6.07, 6.45) is 0. The molecule has 0 spiro atoms. The molecular formula is C12H10F2I2N2Pt. The molecule has 2 N–H and O–H groups in total. The average Bonchev–Trinajstić information content (AvgIpc) is 2.38. The molecule has 2 rings (SSSR count). The van der Waals surface area contributed by atoms with Crippen LogP contribution in [0.4, 0.5) is 20.2 Å². The Kier molecular flexibility index (Phi) is 11.9. The molecule has 2 nitrogen and oxygen atoms in total. The van der Waals surface area contributed by atoms with E-state index in [0.717, 1.165) is 0 Å². The van der Waals surface area contributed by atoms with Crippen LogP contribution in [0, 0.1) is 11.6 Å². The van der Waals surface area contributed by atoms with Crippen molar-refractivity contribution in [1.82, 2.24) is 0 Å². The van der Waals surface area contributed by atoms with E-state index in [0.29, 0.717) is 11.2 Å². The van der Waals surface area contributed by atoms with Crippen LogP contribution in [0.25, 0.3) is 11.5 Å². The van der Waals surface area contributed by atoms with E-state index in [2.05, 4.69) is 38.7 Å². The Morgan fingerprint density at radius 1 is 0.737 bits per heavy atom. The maximum atomic E-state index is 12.1. The van der Waals surface area contributed by atoms with Gasteiger partial charge in [-0.15, -0.1) is 11.4 Å². The zero-order valence-electron chi connectivity index (χ0n) is 9.45. The molecule has 0 aromatic heterocycles. The van der Waals surface area contributed by atoms with Gasteiger partial charge < -0.3 is 11.5 Å². The molecule has 0 saturated heterocycles. The van der Waals surface area contributed by atoms with Gasteiger partial charge in [0.25, 0.3) is 0 Å². The van der Waals surface area contributed by atoms with Crippen molar-refractivity contribution in [3.05, 3.63) is 71.6 Å². The van der Waals surface area contributed by atoms with Gasteiger partial charge in [0, 0.05) is 0 Å². The molecule has 106 valence electrons. The molecule has 0 aliphatic rings. The van der Waals surface area contributed by atoms with Crippen molar-refractivity contribution < 1.29 is 20.0 Å². The van der Waals surface area contributed by atoms with Crippen LogP contribution in [0.5, 0.6) is 0 Å². The molecule has 0 radical (unpaired) electrons. The van der Waals surface area contributed by atoms with Crippen LogP contribution >= 0.6 is 38.7 Å². The van der Waals surface area contributed by atoms with E-state index in [1.165, 1.54) is 24.3 Å². The summed E-state index contributed by atoms with van der Waals surface area (Å²) in [6.45, 7) is 0. The van der Waals surface area contributed by atoms with E-state index >= 15 is 0 Å². The second-order valence-electron chi connectivity index (χ2n) is 3.00. The summed E-state index contributed by atoms with van der Waals surface area (Å²) >= 11 is 5.30. The van der Waals surface area contributed by atoms with E-state index in [1.807, 2.05) is 0 Å². The summed E-state index contributed by atoms with van der Waals surface area (Å²) < 4.78 is 24.3. The van der Waals surface area contributed by atoms with Crippen LogP contribution in [0.15, 0.2) is 48.5 Å². The van der Waals surface area contributed by atoms with Gasteiger partial charge >= 0.3 is 49.9 Å². The van der Waals surface area contributed by atoms with Crippen molar-refractivity contribution in [3.8, 4) is 0 Å². The molecule has 0 atom stereocenters. The first-order chi connectivity index (χ1) is 9.02. The first kappa shape index (κ1) is 19.0. The van der Waals surface area contributed by atoms with Gasteiger partial charge in [0.05, 0.1) is 0 Å². The van der Waals surface area contributed by atoms with Crippen LogP contribution < -0.4 is 0 Å². The van der Waals surface area contributed by atoms with Gasteiger partial charge in [-0.25, -0.2) is 8.78 Å². The molecular weight excluding hydrogens is 659 g/mol. The predicted octanol–water partition coefficient (Wildman–Crippen LogP) is 6.79. The minimum absolute atomic E-state index is 0.0486. The Bertz CT molecular complexity index is 401. The third-order valence-corrected chi connectivity index (χ3v) is 1.75. The second kappa shape index (κ2) is 11.8. The molecule has 0 aliphatic carbocycles. The number of hydrogen-bond acceptors (Lipinski definition) is 0. The van der Waals surface area contributed by atoms with E-state index in [4.69, 9.17) is 11.5 Å².